The highest BCUT2D eigenvalue weighted by Gasteiger charge is 2.05. The smallest absolute Gasteiger partial charge is 0.165 e. The van der Waals surface area contributed by atoms with Gasteiger partial charge in [0.15, 0.2) is 5.75 Å². The summed E-state index contributed by atoms with van der Waals surface area (Å²) in [6.07, 6.45) is 3.43. The molecule has 0 fully saturated rings. The van der Waals surface area contributed by atoms with Crippen LogP contribution in [0.5, 0.6) is 11.5 Å². The van der Waals surface area contributed by atoms with Gasteiger partial charge in [0.1, 0.15) is 11.6 Å². The molecule has 0 spiro atoms. The number of hydrogen-bond donors (Lipinski definition) is 2. The number of benzene rings is 1. The Hall–Kier alpha value is -2.30. The van der Waals surface area contributed by atoms with Gasteiger partial charge in [-0.05, 0) is 30.7 Å². The average molecular weight is 230 g/mol. The quantitative estimate of drug-likeness (QED) is 0.623. The summed E-state index contributed by atoms with van der Waals surface area (Å²) in [6.45, 7) is 1.90. The van der Waals surface area contributed by atoms with Gasteiger partial charge in [0, 0.05) is 12.6 Å². The summed E-state index contributed by atoms with van der Waals surface area (Å²) in [5.74, 6) is 1.46. The van der Waals surface area contributed by atoms with Crippen molar-refractivity contribution in [3.63, 3.8) is 0 Å². The number of rotatable bonds is 3. The van der Waals surface area contributed by atoms with Crippen molar-refractivity contribution in [3.8, 4) is 11.5 Å². The van der Waals surface area contributed by atoms with Crippen LogP contribution in [0.25, 0.3) is 0 Å². The highest BCUT2D eigenvalue weighted by molar-refractivity contribution is 5.96. The van der Waals surface area contributed by atoms with Gasteiger partial charge in [0.2, 0.25) is 0 Å². The Labute approximate surface area is 99.3 Å². The van der Waals surface area contributed by atoms with E-state index in [0.29, 0.717) is 11.5 Å². The molecule has 1 aromatic carbocycles. The Morgan fingerprint density at radius 2 is 2.18 bits per heavy atom. The minimum atomic E-state index is 0.0652. The largest absolute Gasteiger partial charge is 0.454 e. The van der Waals surface area contributed by atoms with Gasteiger partial charge in [-0.25, -0.2) is 0 Å². The first-order chi connectivity index (χ1) is 8.06. The van der Waals surface area contributed by atoms with Crippen LogP contribution in [0.1, 0.15) is 11.1 Å². The molecule has 2 aromatic rings. The molecule has 2 rings (SSSR count). The van der Waals surface area contributed by atoms with Crippen LogP contribution >= 0.6 is 0 Å². The van der Waals surface area contributed by atoms with E-state index in [9.17, 15) is 0 Å². The van der Waals surface area contributed by atoms with Crippen LogP contribution in [-0.4, -0.2) is 15.6 Å². The summed E-state index contributed by atoms with van der Waals surface area (Å²) >= 11 is 0. The van der Waals surface area contributed by atoms with Gasteiger partial charge in [0.05, 0.1) is 12.4 Å². The summed E-state index contributed by atoms with van der Waals surface area (Å²) in [5, 5.41) is 11.4. The number of nitrogens with two attached hydrogens (primary N) is 1. The molecule has 0 saturated carbocycles. The van der Waals surface area contributed by atoms with Crippen LogP contribution in [0.3, 0.4) is 0 Å². The molecule has 0 atom stereocenters. The first-order valence-corrected chi connectivity index (χ1v) is 5.18. The molecule has 5 heteroatoms. The number of aryl methyl sites for hydroxylation is 2. The molecule has 0 saturated heterocycles. The van der Waals surface area contributed by atoms with Crippen molar-refractivity contribution >= 4 is 5.84 Å². The molecule has 0 unspecified atom stereocenters. The van der Waals surface area contributed by atoms with Crippen molar-refractivity contribution in [2.75, 3.05) is 0 Å². The number of nitrogens with zero attached hydrogens (tertiary/aromatic N) is 2. The SMILES string of the molecule is Cc1cc(Oc2cnn(C)c2)ccc1C(=N)N. The van der Waals surface area contributed by atoms with Crippen molar-refractivity contribution in [2.24, 2.45) is 12.8 Å². The molecule has 1 aromatic heterocycles. The van der Waals surface area contributed by atoms with Crippen LogP contribution in [0.4, 0.5) is 0 Å². The topological polar surface area (TPSA) is 76.9 Å². The van der Waals surface area contributed by atoms with E-state index in [1.54, 1.807) is 29.2 Å². The fourth-order valence-corrected chi connectivity index (χ4v) is 1.59. The molecule has 88 valence electrons. The van der Waals surface area contributed by atoms with E-state index in [0.717, 1.165) is 11.1 Å². The molecule has 0 bridgehead atoms. The first-order valence-electron chi connectivity index (χ1n) is 5.18. The van der Waals surface area contributed by atoms with Gasteiger partial charge in [-0.2, -0.15) is 5.10 Å². The second kappa shape index (κ2) is 4.29. The Kier molecular flexibility index (Phi) is 2.82. The lowest BCUT2D eigenvalue weighted by Crippen LogP contribution is -2.12. The normalized spacial score (nSPS) is 10.2. The Morgan fingerprint density at radius 3 is 2.71 bits per heavy atom. The lowest BCUT2D eigenvalue weighted by molar-refractivity contribution is 0.481. The van der Waals surface area contributed by atoms with Crippen LogP contribution in [0.2, 0.25) is 0 Å². The summed E-state index contributed by atoms with van der Waals surface area (Å²) in [4.78, 5) is 0. The number of nitrogen functional groups attached to an aromatic ring is 1. The molecule has 1 heterocycles. The number of amidine groups is 1. The summed E-state index contributed by atoms with van der Waals surface area (Å²) < 4.78 is 7.29. The predicted octanol–water partition coefficient (Wildman–Crippen LogP) is 1.80. The van der Waals surface area contributed by atoms with Crippen molar-refractivity contribution in [3.05, 3.63) is 41.7 Å². The lowest BCUT2D eigenvalue weighted by Gasteiger charge is -2.07. The standard InChI is InChI=1S/C12H14N4O/c1-8-5-9(3-4-11(8)12(13)14)17-10-6-15-16(2)7-10/h3-7H,1-2H3,(H3,13,14). The van der Waals surface area contributed by atoms with Crippen molar-refractivity contribution < 1.29 is 4.74 Å². The molecular formula is C12H14N4O. The molecule has 0 aliphatic carbocycles. The molecular weight excluding hydrogens is 216 g/mol. The summed E-state index contributed by atoms with van der Waals surface area (Å²) in [5.41, 5.74) is 7.09. The van der Waals surface area contributed by atoms with E-state index in [4.69, 9.17) is 15.9 Å². The highest BCUT2D eigenvalue weighted by atomic mass is 16.5. The second-order valence-electron chi connectivity index (χ2n) is 3.84. The molecule has 0 aliphatic rings. The zero-order valence-electron chi connectivity index (χ0n) is 9.77. The zero-order valence-corrected chi connectivity index (χ0v) is 9.77. The molecule has 0 amide bonds. The maximum absolute atomic E-state index is 7.39. The van der Waals surface area contributed by atoms with Crippen LogP contribution in [-0.2, 0) is 7.05 Å². The van der Waals surface area contributed by atoms with E-state index in [1.165, 1.54) is 0 Å². The Balaban J connectivity index is 2.23. The third-order valence-corrected chi connectivity index (χ3v) is 2.40. The first kappa shape index (κ1) is 11.2. The van der Waals surface area contributed by atoms with Crippen molar-refractivity contribution in [1.82, 2.24) is 9.78 Å². The number of ether oxygens (including phenoxy) is 1. The third kappa shape index (κ3) is 2.44. The Morgan fingerprint density at radius 1 is 1.41 bits per heavy atom. The fourth-order valence-electron chi connectivity index (χ4n) is 1.59. The predicted molar refractivity (Wildman–Crippen MR) is 65.5 cm³/mol. The molecule has 0 aliphatic heterocycles. The maximum atomic E-state index is 7.39. The van der Waals surface area contributed by atoms with E-state index < -0.39 is 0 Å². The molecule has 3 N–H and O–H groups in total. The third-order valence-electron chi connectivity index (χ3n) is 2.40. The zero-order chi connectivity index (χ0) is 12.4. The van der Waals surface area contributed by atoms with Gasteiger partial charge in [-0.1, -0.05) is 0 Å². The number of hydrogen-bond acceptors (Lipinski definition) is 3. The average Bonchev–Trinajstić information content (AvgIpc) is 2.63. The number of aromatic nitrogens is 2. The maximum Gasteiger partial charge on any atom is 0.165 e. The summed E-state index contributed by atoms with van der Waals surface area (Å²) in [6, 6.07) is 5.42. The van der Waals surface area contributed by atoms with E-state index in [1.807, 2.05) is 20.0 Å². The van der Waals surface area contributed by atoms with Gasteiger partial charge >= 0.3 is 0 Å². The molecule has 5 nitrogen and oxygen atoms in total. The van der Waals surface area contributed by atoms with E-state index in [-0.39, 0.29) is 5.84 Å². The van der Waals surface area contributed by atoms with Crippen LogP contribution < -0.4 is 10.5 Å². The highest BCUT2D eigenvalue weighted by Crippen LogP contribution is 2.23. The summed E-state index contributed by atoms with van der Waals surface area (Å²) in [7, 11) is 1.83. The van der Waals surface area contributed by atoms with Crippen molar-refractivity contribution in [1.29, 1.82) is 5.41 Å². The van der Waals surface area contributed by atoms with E-state index in [2.05, 4.69) is 5.10 Å². The second-order valence-corrected chi connectivity index (χ2v) is 3.84. The van der Waals surface area contributed by atoms with Crippen LogP contribution in [0.15, 0.2) is 30.6 Å². The monoisotopic (exact) mass is 230 g/mol. The molecule has 0 radical (unpaired) electrons. The minimum absolute atomic E-state index is 0.0652. The lowest BCUT2D eigenvalue weighted by atomic mass is 10.1. The van der Waals surface area contributed by atoms with Gasteiger partial charge in [-0.15, -0.1) is 0 Å². The van der Waals surface area contributed by atoms with Crippen molar-refractivity contribution in [2.45, 2.75) is 6.92 Å². The minimum Gasteiger partial charge on any atom is -0.454 e. The van der Waals surface area contributed by atoms with Gasteiger partial charge < -0.3 is 10.5 Å². The fraction of sp³-hybridized carbons (Fsp3) is 0.167. The number of nitrogens with one attached hydrogen (secondary N) is 1. The molecule has 17 heavy (non-hydrogen) atoms. The Bertz CT molecular complexity index is 559. The van der Waals surface area contributed by atoms with Crippen LogP contribution in [0, 0.1) is 12.3 Å². The van der Waals surface area contributed by atoms with Gasteiger partial charge in [0.25, 0.3) is 0 Å². The van der Waals surface area contributed by atoms with E-state index >= 15 is 0 Å². The van der Waals surface area contributed by atoms with Gasteiger partial charge in [-0.3, -0.25) is 10.1 Å².